The lowest BCUT2D eigenvalue weighted by Crippen LogP contribution is -2.32. The van der Waals surface area contributed by atoms with Crippen LogP contribution in [-0.2, 0) is 16.8 Å². The Bertz CT molecular complexity index is 492. The molecule has 104 valence electrons. The molecule has 0 saturated carbocycles. The van der Waals surface area contributed by atoms with E-state index in [1.165, 1.54) is 0 Å². The first-order valence-electron chi connectivity index (χ1n) is 7.15. The Morgan fingerprint density at radius 1 is 1.37 bits per heavy atom. The van der Waals surface area contributed by atoms with Crippen molar-refractivity contribution in [2.75, 3.05) is 6.61 Å². The predicted molar refractivity (Wildman–Crippen MR) is 73.6 cm³/mol. The number of hydrogen-bond donors (Lipinski definition) is 1. The van der Waals surface area contributed by atoms with Crippen LogP contribution in [0.4, 0.5) is 0 Å². The van der Waals surface area contributed by atoms with Crippen LogP contribution in [0.1, 0.15) is 63.2 Å². The van der Waals surface area contributed by atoms with Crippen LogP contribution < -0.4 is 5.73 Å². The molecule has 2 unspecified atom stereocenters. The van der Waals surface area contributed by atoms with E-state index in [1.54, 1.807) is 0 Å². The lowest BCUT2D eigenvalue weighted by molar-refractivity contribution is 0.00888. The molecular weight excluding hydrogens is 238 g/mol. The molecule has 1 aromatic heterocycles. The van der Waals surface area contributed by atoms with Crippen molar-refractivity contribution in [2.45, 2.75) is 58.1 Å². The summed E-state index contributed by atoms with van der Waals surface area (Å²) in [4.78, 5) is 9.32. The average molecular weight is 261 g/mol. The minimum absolute atomic E-state index is 0.0603. The maximum absolute atomic E-state index is 6.25. The largest absolute Gasteiger partial charge is 0.367 e. The highest BCUT2D eigenvalue weighted by Crippen LogP contribution is 2.40. The zero-order valence-corrected chi connectivity index (χ0v) is 12.1. The van der Waals surface area contributed by atoms with Crippen molar-refractivity contribution in [1.82, 2.24) is 9.97 Å². The molecule has 0 radical (unpaired) electrons. The maximum atomic E-state index is 6.25. The summed E-state index contributed by atoms with van der Waals surface area (Å²) in [6, 6.07) is 0.0603. The number of fused-ring (bicyclic) bond motifs is 1. The molecule has 1 aliphatic heterocycles. The van der Waals surface area contributed by atoms with Gasteiger partial charge in [-0.05, 0) is 38.0 Å². The lowest BCUT2D eigenvalue weighted by Gasteiger charge is -2.35. The summed E-state index contributed by atoms with van der Waals surface area (Å²) in [5.41, 5.74) is 8.39. The van der Waals surface area contributed by atoms with Crippen molar-refractivity contribution in [3.63, 3.8) is 0 Å². The van der Waals surface area contributed by atoms with E-state index in [0.717, 1.165) is 49.4 Å². The first-order chi connectivity index (χ1) is 8.90. The third-order valence-electron chi connectivity index (χ3n) is 4.41. The van der Waals surface area contributed by atoms with Crippen LogP contribution in [0.5, 0.6) is 0 Å². The Labute approximate surface area is 114 Å². The molecule has 2 aliphatic rings. The van der Waals surface area contributed by atoms with Crippen LogP contribution in [0.3, 0.4) is 0 Å². The minimum Gasteiger partial charge on any atom is -0.367 e. The Balaban J connectivity index is 1.99. The van der Waals surface area contributed by atoms with Gasteiger partial charge in [0.2, 0.25) is 0 Å². The van der Waals surface area contributed by atoms with Gasteiger partial charge in [-0.2, -0.15) is 0 Å². The van der Waals surface area contributed by atoms with Gasteiger partial charge in [0.05, 0.1) is 0 Å². The summed E-state index contributed by atoms with van der Waals surface area (Å²) >= 11 is 0. The van der Waals surface area contributed by atoms with Gasteiger partial charge < -0.3 is 10.5 Å². The molecule has 2 heterocycles. The van der Waals surface area contributed by atoms with Gasteiger partial charge in [-0.1, -0.05) is 13.8 Å². The van der Waals surface area contributed by atoms with Gasteiger partial charge in [-0.25, -0.2) is 9.97 Å². The molecule has 0 amide bonds. The number of aromatic nitrogens is 2. The molecular formula is C15H23N3O. The van der Waals surface area contributed by atoms with E-state index in [2.05, 4.69) is 25.8 Å². The molecule has 1 aliphatic carbocycles. The number of nitrogens with two attached hydrogens (primary N) is 1. The van der Waals surface area contributed by atoms with Crippen molar-refractivity contribution < 1.29 is 4.74 Å². The van der Waals surface area contributed by atoms with Crippen molar-refractivity contribution in [1.29, 1.82) is 0 Å². The third-order valence-corrected chi connectivity index (χ3v) is 4.41. The molecule has 1 aromatic rings. The molecule has 0 aromatic carbocycles. The molecule has 2 atom stereocenters. The minimum atomic E-state index is -0.305. The van der Waals surface area contributed by atoms with Crippen molar-refractivity contribution in [3.05, 3.63) is 23.3 Å². The first-order valence-corrected chi connectivity index (χ1v) is 7.15. The molecule has 0 spiro atoms. The number of rotatable bonds is 1. The fourth-order valence-corrected chi connectivity index (χ4v) is 3.32. The van der Waals surface area contributed by atoms with Crippen LogP contribution >= 0.6 is 0 Å². The topological polar surface area (TPSA) is 61.0 Å². The normalized spacial score (nSPS) is 33.2. The standard InChI is InChI=1S/C15H23N3O/c1-14(2)7-11(16)10-9-17-13(18-12(10)8-14)15(3)5-4-6-19-15/h9,11H,4-8,16H2,1-3H3. The number of hydrogen-bond acceptors (Lipinski definition) is 4. The molecule has 4 nitrogen and oxygen atoms in total. The van der Waals surface area contributed by atoms with Crippen LogP contribution in [0.2, 0.25) is 0 Å². The number of ether oxygens (including phenoxy) is 1. The fraction of sp³-hybridized carbons (Fsp3) is 0.733. The highest BCUT2D eigenvalue weighted by atomic mass is 16.5. The SMILES string of the molecule is CC1(C)Cc2nc(C3(C)CCCO3)ncc2C(N)C1. The lowest BCUT2D eigenvalue weighted by atomic mass is 9.74. The Kier molecular flexibility index (Phi) is 2.91. The van der Waals surface area contributed by atoms with Gasteiger partial charge in [-0.15, -0.1) is 0 Å². The van der Waals surface area contributed by atoms with Gasteiger partial charge in [0.15, 0.2) is 5.82 Å². The maximum Gasteiger partial charge on any atom is 0.160 e. The highest BCUT2D eigenvalue weighted by Gasteiger charge is 2.37. The Hall–Kier alpha value is -1.00. The first kappa shape index (κ1) is 13.0. The van der Waals surface area contributed by atoms with Crippen molar-refractivity contribution >= 4 is 0 Å². The second-order valence-electron chi connectivity index (χ2n) is 6.93. The molecule has 3 rings (SSSR count). The summed E-state index contributed by atoms with van der Waals surface area (Å²) in [6.07, 6.45) is 5.98. The van der Waals surface area contributed by atoms with E-state index in [-0.39, 0.29) is 17.1 Å². The van der Waals surface area contributed by atoms with Crippen LogP contribution in [0.25, 0.3) is 0 Å². The van der Waals surface area contributed by atoms with Gasteiger partial charge in [0.25, 0.3) is 0 Å². The van der Waals surface area contributed by atoms with Gasteiger partial charge in [0.1, 0.15) is 5.60 Å². The van der Waals surface area contributed by atoms with E-state index in [1.807, 2.05) is 6.20 Å². The molecule has 1 saturated heterocycles. The summed E-state index contributed by atoms with van der Waals surface area (Å²) in [6.45, 7) is 7.41. The van der Waals surface area contributed by atoms with Crippen LogP contribution in [0.15, 0.2) is 6.20 Å². The highest BCUT2D eigenvalue weighted by molar-refractivity contribution is 5.27. The zero-order valence-electron chi connectivity index (χ0n) is 12.1. The molecule has 4 heteroatoms. The molecule has 2 N–H and O–H groups in total. The fourth-order valence-electron chi connectivity index (χ4n) is 3.32. The molecule has 1 fully saturated rings. The monoisotopic (exact) mass is 261 g/mol. The average Bonchev–Trinajstić information content (AvgIpc) is 2.75. The quantitative estimate of drug-likeness (QED) is 0.843. The summed E-state index contributed by atoms with van der Waals surface area (Å²) in [5.74, 6) is 0.827. The van der Waals surface area contributed by atoms with E-state index >= 15 is 0 Å². The van der Waals surface area contributed by atoms with Crippen LogP contribution in [-0.4, -0.2) is 16.6 Å². The Morgan fingerprint density at radius 3 is 2.84 bits per heavy atom. The Morgan fingerprint density at radius 2 is 2.16 bits per heavy atom. The zero-order chi connectivity index (χ0) is 13.7. The van der Waals surface area contributed by atoms with Crippen molar-refractivity contribution in [2.24, 2.45) is 11.1 Å². The van der Waals surface area contributed by atoms with Gasteiger partial charge in [0, 0.05) is 30.1 Å². The van der Waals surface area contributed by atoms with Gasteiger partial charge in [-0.3, -0.25) is 0 Å². The van der Waals surface area contributed by atoms with E-state index in [9.17, 15) is 0 Å². The molecule has 0 bridgehead atoms. The van der Waals surface area contributed by atoms with E-state index in [0.29, 0.717) is 0 Å². The summed E-state index contributed by atoms with van der Waals surface area (Å²) in [7, 11) is 0. The van der Waals surface area contributed by atoms with Gasteiger partial charge >= 0.3 is 0 Å². The number of nitrogens with zero attached hydrogens (tertiary/aromatic N) is 2. The summed E-state index contributed by atoms with van der Waals surface area (Å²) < 4.78 is 5.84. The molecule has 19 heavy (non-hydrogen) atoms. The second-order valence-corrected chi connectivity index (χ2v) is 6.93. The summed E-state index contributed by atoms with van der Waals surface area (Å²) in [5, 5.41) is 0. The van der Waals surface area contributed by atoms with Crippen molar-refractivity contribution in [3.8, 4) is 0 Å². The van der Waals surface area contributed by atoms with E-state index < -0.39 is 0 Å². The van der Waals surface area contributed by atoms with Crippen LogP contribution in [0, 0.1) is 5.41 Å². The third kappa shape index (κ3) is 2.28. The van der Waals surface area contributed by atoms with E-state index in [4.69, 9.17) is 15.5 Å². The predicted octanol–water partition coefficient (Wildman–Crippen LogP) is 2.47. The second kappa shape index (κ2) is 4.25. The smallest absolute Gasteiger partial charge is 0.160 e.